The molecule has 1 fully saturated rings. The summed E-state index contributed by atoms with van der Waals surface area (Å²) < 4.78 is 43.3. The summed E-state index contributed by atoms with van der Waals surface area (Å²) in [5, 5.41) is 12.2. The number of ether oxygens (including phenoxy) is 1. The van der Waals surface area contributed by atoms with E-state index in [1.54, 1.807) is 6.07 Å². The van der Waals surface area contributed by atoms with E-state index in [9.17, 15) is 18.3 Å². The van der Waals surface area contributed by atoms with Gasteiger partial charge in [-0.3, -0.25) is 0 Å². The molecule has 19 heavy (non-hydrogen) atoms. The summed E-state index contributed by atoms with van der Waals surface area (Å²) in [6.45, 7) is 2.63. The standard InChI is InChI=1S/C13H16F3NO2/c1-9-2-3-10(4-11(9)13(14,15)16)17-5-12(6-18)7-19-8-12/h2-4,17-18H,5-8H2,1H3. The molecule has 0 spiro atoms. The van der Waals surface area contributed by atoms with Crippen molar-refractivity contribution in [2.45, 2.75) is 13.1 Å². The lowest BCUT2D eigenvalue weighted by Crippen LogP contribution is -2.50. The quantitative estimate of drug-likeness (QED) is 0.886. The molecule has 0 unspecified atom stereocenters. The van der Waals surface area contributed by atoms with Gasteiger partial charge in [-0.25, -0.2) is 0 Å². The second-order valence-electron chi connectivity index (χ2n) is 5.03. The van der Waals surface area contributed by atoms with Crippen molar-refractivity contribution in [3.05, 3.63) is 29.3 Å². The molecular weight excluding hydrogens is 259 g/mol. The molecule has 2 rings (SSSR count). The van der Waals surface area contributed by atoms with Crippen LogP contribution < -0.4 is 5.32 Å². The average molecular weight is 275 g/mol. The fourth-order valence-corrected chi connectivity index (χ4v) is 1.97. The van der Waals surface area contributed by atoms with Gasteiger partial charge in [-0.15, -0.1) is 0 Å². The predicted octanol–water partition coefficient (Wildman–Crippen LogP) is 2.43. The highest BCUT2D eigenvalue weighted by Gasteiger charge is 2.38. The largest absolute Gasteiger partial charge is 0.416 e. The molecule has 0 atom stereocenters. The van der Waals surface area contributed by atoms with Crippen LogP contribution in [0.4, 0.5) is 18.9 Å². The summed E-state index contributed by atoms with van der Waals surface area (Å²) >= 11 is 0. The molecule has 1 aliphatic heterocycles. The second-order valence-corrected chi connectivity index (χ2v) is 5.03. The first-order valence-corrected chi connectivity index (χ1v) is 5.97. The fourth-order valence-electron chi connectivity index (χ4n) is 1.97. The molecule has 1 saturated heterocycles. The van der Waals surface area contributed by atoms with Gasteiger partial charge in [0.05, 0.1) is 30.8 Å². The molecular formula is C13H16F3NO2. The van der Waals surface area contributed by atoms with Gasteiger partial charge in [0.25, 0.3) is 0 Å². The number of alkyl halides is 3. The maximum Gasteiger partial charge on any atom is 0.416 e. The zero-order chi connectivity index (χ0) is 14.1. The Bertz CT molecular complexity index is 450. The molecule has 0 aliphatic carbocycles. The van der Waals surface area contributed by atoms with E-state index < -0.39 is 11.7 Å². The van der Waals surface area contributed by atoms with Gasteiger partial charge in [-0.1, -0.05) is 6.07 Å². The SMILES string of the molecule is Cc1ccc(NCC2(CO)COC2)cc1C(F)(F)F. The minimum Gasteiger partial charge on any atom is -0.396 e. The van der Waals surface area contributed by atoms with Crippen LogP contribution in [0.5, 0.6) is 0 Å². The van der Waals surface area contributed by atoms with Gasteiger partial charge in [0.2, 0.25) is 0 Å². The summed E-state index contributed by atoms with van der Waals surface area (Å²) in [7, 11) is 0. The highest BCUT2D eigenvalue weighted by Crippen LogP contribution is 2.34. The zero-order valence-corrected chi connectivity index (χ0v) is 10.5. The maximum atomic E-state index is 12.8. The lowest BCUT2D eigenvalue weighted by atomic mass is 9.87. The Morgan fingerprint density at radius 3 is 2.53 bits per heavy atom. The number of rotatable bonds is 4. The van der Waals surface area contributed by atoms with Gasteiger partial charge < -0.3 is 15.2 Å². The van der Waals surface area contributed by atoms with Crippen molar-refractivity contribution in [2.24, 2.45) is 5.41 Å². The third kappa shape index (κ3) is 3.01. The van der Waals surface area contributed by atoms with Crippen LogP contribution in [0, 0.1) is 12.3 Å². The van der Waals surface area contributed by atoms with E-state index >= 15 is 0 Å². The molecule has 1 aliphatic rings. The van der Waals surface area contributed by atoms with Crippen LogP contribution >= 0.6 is 0 Å². The molecule has 0 amide bonds. The number of hydrogen-bond acceptors (Lipinski definition) is 3. The van der Waals surface area contributed by atoms with E-state index in [4.69, 9.17) is 4.74 Å². The first-order valence-electron chi connectivity index (χ1n) is 5.97. The summed E-state index contributed by atoms with van der Waals surface area (Å²) in [4.78, 5) is 0. The van der Waals surface area contributed by atoms with Crippen molar-refractivity contribution in [3.8, 4) is 0 Å². The fraction of sp³-hybridized carbons (Fsp3) is 0.538. The molecule has 6 heteroatoms. The van der Waals surface area contributed by atoms with Crippen molar-refractivity contribution in [1.82, 2.24) is 0 Å². The van der Waals surface area contributed by atoms with Crippen LogP contribution in [0.25, 0.3) is 0 Å². The summed E-state index contributed by atoms with van der Waals surface area (Å²) in [6.07, 6.45) is -4.35. The summed E-state index contributed by atoms with van der Waals surface area (Å²) in [5.41, 5.74) is -0.413. The third-order valence-corrected chi connectivity index (χ3v) is 3.36. The Hall–Kier alpha value is -1.27. The predicted molar refractivity (Wildman–Crippen MR) is 65.0 cm³/mol. The molecule has 3 nitrogen and oxygen atoms in total. The van der Waals surface area contributed by atoms with Crippen LogP contribution in [0.3, 0.4) is 0 Å². The molecule has 0 radical (unpaired) electrons. The van der Waals surface area contributed by atoms with E-state index in [1.165, 1.54) is 13.0 Å². The molecule has 1 heterocycles. The molecule has 0 aromatic heterocycles. The molecule has 1 aromatic carbocycles. The van der Waals surface area contributed by atoms with Crippen LogP contribution in [-0.2, 0) is 10.9 Å². The van der Waals surface area contributed by atoms with Gasteiger partial charge in [0.1, 0.15) is 0 Å². The Labute approximate surface area is 109 Å². The van der Waals surface area contributed by atoms with Gasteiger partial charge in [-0.2, -0.15) is 13.2 Å². The Morgan fingerprint density at radius 2 is 2.05 bits per heavy atom. The number of aryl methyl sites for hydroxylation is 1. The van der Waals surface area contributed by atoms with E-state index in [1.807, 2.05) is 0 Å². The average Bonchev–Trinajstić information content (AvgIpc) is 2.28. The Morgan fingerprint density at radius 1 is 1.37 bits per heavy atom. The van der Waals surface area contributed by atoms with Crippen LogP contribution in [0.15, 0.2) is 18.2 Å². The minimum atomic E-state index is -4.35. The van der Waals surface area contributed by atoms with Gasteiger partial charge in [-0.05, 0) is 24.6 Å². The summed E-state index contributed by atoms with van der Waals surface area (Å²) in [6, 6.07) is 4.14. The highest BCUT2D eigenvalue weighted by molar-refractivity contribution is 5.49. The van der Waals surface area contributed by atoms with Gasteiger partial charge in [0.15, 0.2) is 0 Å². The van der Waals surface area contributed by atoms with Crippen molar-refractivity contribution in [3.63, 3.8) is 0 Å². The normalized spacial score (nSPS) is 17.9. The van der Waals surface area contributed by atoms with Crippen LogP contribution in [-0.4, -0.2) is 31.5 Å². The molecule has 0 saturated carbocycles. The van der Waals surface area contributed by atoms with E-state index in [0.717, 1.165) is 6.07 Å². The lowest BCUT2D eigenvalue weighted by molar-refractivity contribution is -0.138. The molecule has 0 bridgehead atoms. The van der Waals surface area contributed by atoms with E-state index in [0.29, 0.717) is 25.4 Å². The number of anilines is 1. The summed E-state index contributed by atoms with van der Waals surface area (Å²) in [5.74, 6) is 0. The van der Waals surface area contributed by atoms with Crippen molar-refractivity contribution in [2.75, 3.05) is 31.7 Å². The monoisotopic (exact) mass is 275 g/mol. The molecule has 106 valence electrons. The lowest BCUT2D eigenvalue weighted by Gasteiger charge is -2.40. The first kappa shape index (κ1) is 14.1. The zero-order valence-electron chi connectivity index (χ0n) is 10.5. The van der Waals surface area contributed by atoms with Crippen molar-refractivity contribution in [1.29, 1.82) is 0 Å². The maximum absolute atomic E-state index is 12.8. The van der Waals surface area contributed by atoms with Crippen LogP contribution in [0.2, 0.25) is 0 Å². The van der Waals surface area contributed by atoms with Gasteiger partial charge >= 0.3 is 6.18 Å². The highest BCUT2D eigenvalue weighted by atomic mass is 19.4. The van der Waals surface area contributed by atoms with Crippen LogP contribution in [0.1, 0.15) is 11.1 Å². The van der Waals surface area contributed by atoms with E-state index in [2.05, 4.69) is 5.32 Å². The molecule has 2 N–H and O–H groups in total. The van der Waals surface area contributed by atoms with Gasteiger partial charge in [0, 0.05) is 12.2 Å². The second kappa shape index (κ2) is 5.02. The number of halogens is 3. The van der Waals surface area contributed by atoms with E-state index in [-0.39, 0.29) is 17.6 Å². The minimum absolute atomic E-state index is 0.0437. The van der Waals surface area contributed by atoms with Crippen molar-refractivity contribution >= 4 is 5.69 Å². The number of aliphatic hydroxyl groups is 1. The third-order valence-electron chi connectivity index (χ3n) is 3.36. The first-order chi connectivity index (χ1) is 8.86. The number of benzene rings is 1. The Balaban J connectivity index is 2.09. The smallest absolute Gasteiger partial charge is 0.396 e. The van der Waals surface area contributed by atoms with Crippen molar-refractivity contribution < 1.29 is 23.0 Å². The Kier molecular flexibility index (Phi) is 3.73. The molecule has 1 aromatic rings. The number of nitrogens with one attached hydrogen (secondary N) is 1. The topological polar surface area (TPSA) is 41.5 Å². The number of aliphatic hydroxyl groups excluding tert-OH is 1. The number of hydrogen-bond donors (Lipinski definition) is 2.